The zero-order valence-corrected chi connectivity index (χ0v) is 10.5. The molecule has 0 spiro atoms. The predicted octanol–water partition coefficient (Wildman–Crippen LogP) is 2.02. The maximum atomic E-state index is 9.80. The summed E-state index contributed by atoms with van der Waals surface area (Å²) in [4.78, 5) is 0. The fraction of sp³-hybridized carbons (Fsp3) is 0.500. The van der Waals surface area contributed by atoms with Gasteiger partial charge in [-0.15, -0.1) is 0 Å². The quantitative estimate of drug-likeness (QED) is 0.852. The summed E-state index contributed by atoms with van der Waals surface area (Å²) in [5, 5.41) is 20.0. The van der Waals surface area contributed by atoms with E-state index in [1.54, 1.807) is 39.2 Å². The van der Waals surface area contributed by atoms with Gasteiger partial charge in [0, 0.05) is 11.4 Å². The summed E-state index contributed by atoms with van der Waals surface area (Å²) >= 11 is 5.87. The number of halogens is 1. The van der Waals surface area contributed by atoms with E-state index in [-0.39, 0.29) is 0 Å². The van der Waals surface area contributed by atoms with E-state index >= 15 is 0 Å². The number of rotatable bonds is 4. The van der Waals surface area contributed by atoms with Gasteiger partial charge in [0.1, 0.15) is 5.75 Å². The molecule has 0 aliphatic rings. The molecule has 1 rings (SSSR count). The number of benzene rings is 1. The van der Waals surface area contributed by atoms with Gasteiger partial charge in [-0.05, 0) is 37.6 Å². The van der Waals surface area contributed by atoms with Gasteiger partial charge in [-0.1, -0.05) is 11.6 Å². The fourth-order valence-electron chi connectivity index (χ4n) is 1.36. The maximum Gasteiger partial charge on any atom is 0.122 e. The van der Waals surface area contributed by atoms with Gasteiger partial charge < -0.3 is 14.9 Å². The molecule has 0 heterocycles. The van der Waals surface area contributed by atoms with Gasteiger partial charge in [-0.2, -0.15) is 0 Å². The molecule has 1 aromatic rings. The Morgan fingerprint density at radius 3 is 2.56 bits per heavy atom. The molecule has 3 nitrogen and oxygen atoms in total. The van der Waals surface area contributed by atoms with Crippen molar-refractivity contribution in [2.45, 2.75) is 32.0 Å². The second-order valence-corrected chi connectivity index (χ2v) is 4.77. The topological polar surface area (TPSA) is 49.7 Å². The van der Waals surface area contributed by atoms with Crippen molar-refractivity contribution in [2.75, 3.05) is 7.11 Å². The third kappa shape index (κ3) is 3.37. The molecule has 0 aromatic heterocycles. The Balaban J connectivity index is 2.91. The highest BCUT2D eigenvalue weighted by molar-refractivity contribution is 6.30. The SMILES string of the molecule is COc1ccc(Cl)cc1CC(O)C(C)(C)O. The molecule has 0 radical (unpaired) electrons. The van der Waals surface area contributed by atoms with Crippen LogP contribution in [0.5, 0.6) is 5.75 Å². The average molecular weight is 245 g/mol. The molecule has 2 N–H and O–H groups in total. The summed E-state index contributed by atoms with van der Waals surface area (Å²) in [7, 11) is 1.56. The third-order valence-electron chi connectivity index (χ3n) is 2.47. The van der Waals surface area contributed by atoms with Crippen molar-refractivity contribution in [3.8, 4) is 5.75 Å². The Hall–Kier alpha value is -0.770. The molecule has 0 saturated heterocycles. The molecule has 0 bridgehead atoms. The molecule has 0 fully saturated rings. The summed E-state index contributed by atoms with van der Waals surface area (Å²) in [5.74, 6) is 0.660. The summed E-state index contributed by atoms with van der Waals surface area (Å²) in [6.45, 7) is 3.13. The maximum absolute atomic E-state index is 9.80. The normalized spacial score (nSPS) is 13.6. The van der Waals surface area contributed by atoms with Crippen LogP contribution in [0.1, 0.15) is 19.4 Å². The first-order valence-corrected chi connectivity index (χ1v) is 5.45. The van der Waals surface area contributed by atoms with Crippen molar-refractivity contribution in [1.82, 2.24) is 0 Å². The predicted molar refractivity (Wildman–Crippen MR) is 64.0 cm³/mol. The lowest BCUT2D eigenvalue weighted by atomic mass is 9.95. The van der Waals surface area contributed by atoms with E-state index in [1.165, 1.54) is 0 Å². The van der Waals surface area contributed by atoms with E-state index in [9.17, 15) is 10.2 Å². The summed E-state index contributed by atoms with van der Waals surface area (Å²) < 4.78 is 5.16. The third-order valence-corrected chi connectivity index (χ3v) is 2.71. The second-order valence-electron chi connectivity index (χ2n) is 4.33. The van der Waals surface area contributed by atoms with Crippen LogP contribution in [-0.2, 0) is 6.42 Å². The van der Waals surface area contributed by atoms with Crippen molar-refractivity contribution in [1.29, 1.82) is 0 Å². The van der Waals surface area contributed by atoms with E-state index in [0.717, 1.165) is 5.56 Å². The highest BCUT2D eigenvalue weighted by Crippen LogP contribution is 2.25. The summed E-state index contributed by atoms with van der Waals surface area (Å²) in [6.07, 6.45) is -0.562. The van der Waals surface area contributed by atoms with Gasteiger partial charge in [0.25, 0.3) is 0 Å². The molecule has 0 amide bonds. The first-order chi connectivity index (χ1) is 7.34. The highest BCUT2D eigenvalue weighted by atomic mass is 35.5. The van der Waals surface area contributed by atoms with Crippen LogP contribution in [0, 0.1) is 0 Å². The molecule has 1 unspecified atom stereocenters. The Morgan fingerprint density at radius 2 is 2.06 bits per heavy atom. The van der Waals surface area contributed by atoms with Gasteiger partial charge in [0.2, 0.25) is 0 Å². The molecule has 0 aliphatic carbocycles. The van der Waals surface area contributed by atoms with Crippen molar-refractivity contribution in [2.24, 2.45) is 0 Å². The van der Waals surface area contributed by atoms with Crippen molar-refractivity contribution in [3.63, 3.8) is 0 Å². The lowest BCUT2D eigenvalue weighted by molar-refractivity contribution is -0.0471. The van der Waals surface area contributed by atoms with E-state index in [2.05, 4.69) is 0 Å². The summed E-state index contributed by atoms with van der Waals surface area (Å²) in [6, 6.07) is 5.20. The van der Waals surface area contributed by atoms with Crippen LogP contribution >= 0.6 is 11.6 Å². The Kier molecular flexibility index (Phi) is 4.19. The van der Waals surface area contributed by atoms with E-state index in [4.69, 9.17) is 16.3 Å². The molecular formula is C12H17ClO3. The molecule has 1 atom stereocenters. The minimum atomic E-state index is -1.15. The average Bonchev–Trinajstić information content (AvgIpc) is 2.16. The first kappa shape index (κ1) is 13.3. The van der Waals surface area contributed by atoms with Gasteiger partial charge in [-0.3, -0.25) is 0 Å². The molecule has 90 valence electrons. The van der Waals surface area contributed by atoms with Crippen molar-refractivity contribution < 1.29 is 14.9 Å². The Labute approximate surface area is 101 Å². The van der Waals surface area contributed by atoms with Crippen molar-refractivity contribution in [3.05, 3.63) is 28.8 Å². The van der Waals surface area contributed by atoms with Crippen LogP contribution in [0.4, 0.5) is 0 Å². The highest BCUT2D eigenvalue weighted by Gasteiger charge is 2.25. The Bertz CT molecular complexity index is 358. The smallest absolute Gasteiger partial charge is 0.122 e. The molecule has 1 aromatic carbocycles. The molecular weight excluding hydrogens is 228 g/mol. The molecule has 16 heavy (non-hydrogen) atoms. The monoisotopic (exact) mass is 244 g/mol. The van der Waals surface area contributed by atoms with E-state index in [1.807, 2.05) is 0 Å². The van der Waals surface area contributed by atoms with Crippen LogP contribution in [0.2, 0.25) is 5.02 Å². The standard InChI is InChI=1S/C12H17ClO3/c1-12(2,15)11(14)7-8-6-9(13)4-5-10(8)16-3/h4-6,11,14-15H,7H2,1-3H3. The zero-order valence-electron chi connectivity index (χ0n) is 9.70. The molecule has 0 saturated carbocycles. The lowest BCUT2D eigenvalue weighted by Crippen LogP contribution is -2.37. The van der Waals surface area contributed by atoms with Crippen molar-refractivity contribution >= 4 is 11.6 Å². The molecule has 0 aliphatic heterocycles. The van der Waals surface area contributed by atoms with Gasteiger partial charge >= 0.3 is 0 Å². The zero-order chi connectivity index (χ0) is 12.3. The van der Waals surface area contributed by atoms with Gasteiger partial charge in [0.05, 0.1) is 18.8 Å². The van der Waals surface area contributed by atoms with Crippen LogP contribution in [0.25, 0.3) is 0 Å². The lowest BCUT2D eigenvalue weighted by Gasteiger charge is -2.25. The fourth-order valence-corrected chi connectivity index (χ4v) is 1.56. The minimum Gasteiger partial charge on any atom is -0.496 e. The van der Waals surface area contributed by atoms with E-state index < -0.39 is 11.7 Å². The van der Waals surface area contributed by atoms with Gasteiger partial charge in [-0.25, -0.2) is 0 Å². The van der Waals surface area contributed by atoms with Crippen LogP contribution in [0.3, 0.4) is 0 Å². The van der Waals surface area contributed by atoms with Crippen LogP contribution < -0.4 is 4.74 Å². The number of hydrogen-bond donors (Lipinski definition) is 2. The largest absolute Gasteiger partial charge is 0.496 e. The van der Waals surface area contributed by atoms with E-state index in [0.29, 0.717) is 17.2 Å². The van der Waals surface area contributed by atoms with Gasteiger partial charge in [0.15, 0.2) is 0 Å². The number of aliphatic hydroxyl groups excluding tert-OH is 1. The van der Waals surface area contributed by atoms with Crippen LogP contribution in [-0.4, -0.2) is 29.0 Å². The number of hydrogen-bond acceptors (Lipinski definition) is 3. The van der Waals surface area contributed by atoms with Crippen LogP contribution in [0.15, 0.2) is 18.2 Å². The number of ether oxygens (including phenoxy) is 1. The summed E-state index contributed by atoms with van der Waals surface area (Å²) in [5.41, 5.74) is -0.363. The molecule has 4 heteroatoms. The number of methoxy groups -OCH3 is 1. The second kappa shape index (κ2) is 5.04. The first-order valence-electron chi connectivity index (χ1n) is 5.07. The Morgan fingerprint density at radius 1 is 1.44 bits per heavy atom. The minimum absolute atomic E-state index is 0.299. The number of aliphatic hydroxyl groups is 2.